The summed E-state index contributed by atoms with van der Waals surface area (Å²) in [7, 11) is 1.88. The molecule has 7 heteroatoms. The molecule has 2 aromatic heterocycles. The van der Waals surface area contributed by atoms with Gasteiger partial charge in [-0.3, -0.25) is 4.68 Å². The Kier molecular flexibility index (Phi) is 3.85. The van der Waals surface area contributed by atoms with E-state index in [9.17, 15) is 0 Å². The van der Waals surface area contributed by atoms with Crippen LogP contribution in [-0.2, 0) is 11.8 Å². The lowest BCUT2D eigenvalue weighted by molar-refractivity contribution is 0.0402. The quantitative estimate of drug-likeness (QED) is 0.620. The van der Waals surface area contributed by atoms with Gasteiger partial charge in [0.05, 0.1) is 11.9 Å². The molecule has 0 bridgehead atoms. The van der Waals surface area contributed by atoms with E-state index >= 15 is 0 Å². The molecule has 1 aliphatic rings. The van der Waals surface area contributed by atoms with E-state index in [1.807, 2.05) is 26.2 Å². The molecule has 0 aromatic carbocycles. The summed E-state index contributed by atoms with van der Waals surface area (Å²) in [5.41, 5.74) is 4.34. The van der Waals surface area contributed by atoms with Crippen molar-refractivity contribution in [2.75, 3.05) is 12.0 Å². The third-order valence-electron chi connectivity index (χ3n) is 3.54. The predicted octanol–water partition coefficient (Wildman–Crippen LogP) is 1.65. The molecule has 0 saturated heterocycles. The zero-order chi connectivity index (χ0) is 14.8. The lowest BCUT2D eigenvalue weighted by Crippen LogP contribution is -2.15. The molecule has 0 spiro atoms. The second-order valence-electron chi connectivity index (χ2n) is 5.26. The Hall–Kier alpha value is -1.99. The van der Waals surface area contributed by atoms with Crippen molar-refractivity contribution in [2.45, 2.75) is 25.9 Å². The number of nitrogens with one attached hydrogen (secondary N) is 1. The van der Waals surface area contributed by atoms with Crippen molar-refractivity contribution in [1.82, 2.24) is 19.7 Å². The van der Waals surface area contributed by atoms with Gasteiger partial charge in [-0.05, 0) is 25.7 Å². The first kappa shape index (κ1) is 14.0. The molecule has 3 N–H and O–H groups in total. The summed E-state index contributed by atoms with van der Waals surface area (Å²) >= 11 is 0. The average Bonchev–Trinajstić information content (AvgIpc) is 3.25. The van der Waals surface area contributed by atoms with Gasteiger partial charge in [0.1, 0.15) is 11.9 Å². The van der Waals surface area contributed by atoms with Crippen molar-refractivity contribution >= 4 is 5.82 Å². The van der Waals surface area contributed by atoms with Crippen LogP contribution in [0.15, 0.2) is 18.5 Å². The first-order valence-corrected chi connectivity index (χ1v) is 7.17. The molecule has 7 nitrogen and oxygen atoms in total. The number of nitrogen functional groups attached to an aromatic ring is 1. The summed E-state index contributed by atoms with van der Waals surface area (Å²) in [6.07, 6.45) is 5.96. The Bertz CT molecular complexity index is 622. The highest BCUT2D eigenvalue weighted by Gasteiger charge is 2.35. The van der Waals surface area contributed by atoms with Crippen LogP contribution in [0.4, 0.5) is 5.82 Å². The Morgan fingerprint density at radius 1 is 1.48 bits per heavy atom. The van der Waals surface area contributed by atoms with Gasteiger partial charge in [-0.2, -0.15) is 5.10 Å². The fraction of sp³-hybridized carbons (Fsp3) is 0.500. The van der Waals surface area contributed by atoms with Crippen LogP contribution in [-0.4, -0.2) is 26.4 Å². The van der Waals surface area contributed by atoms with Gasteiger partial charge in [-0.15, -0.1) is 0 Å². The Morgan fingerprint density at radius 2 is 2.29 bits per heavy atom. The molecule has 2 heterocycles. The van der Waals surface area contributed by atoms with Crippen LogP contribution < -0.4 is 11.3 Å². The summed E-state index contributed by atoms with van der Waals surface area (Å²) in [4.78, 5) is 9.13. The van der Waals surface area contributed by atoms with E-state index in [4.69, 9.17) is 10.6 Å². The van der Waals surface area contributed by atoms with E-state index < -0.39 is 0 Å². The third-order valence-corrected chi connectivity index (χ3v) is 3.54. The molecular weight excluding hydrogens is 268 g/mol. The molecule has 2 aromatic rings. The zero-order valence-corrected chi connectivity index (χ0v) is 12.3. The van der Waals surface area contributed by atoms with Crippen LogP contribution in [0.25, 0.3) is 11.3 Å². The molecular formula is C14H20N6O. The SMILES string of the molecule is CCOC(c1nc(NN)cc(-c2cnn(C)c2)n1)C1CC1. The molecule has 112 valence electrons. The number of nitrogens with two attached hydrogens (primary N) is 1. The summed E-state index contributed by atoms with van der Waals surface area (Å²) < 4.78 is 7.58. The van der Waals surface area contributed by atoms with Crippen LogP contribution >= 0.6 is 0 Å². The fourth-order valence-electron chi connectivity index (χ4n) is 2.37. The van der Waals surface area contributed by atoms with Gasteiger partial charge >= 0.3 is 0 Å². The number of hydrogen-bond donors (Lipinski definition) is 2. The molecule has 1 fully saturated rings. The van der Waals surface area contributed by atoms with Gasteiger partial charge in [0.15, 0.2) is 5.82 Å². The second kappa shape index (κ2) is 5.79. The molecule has 1 unspecified atom stereocenters. The average molecular weight is 288 g/mol. The van der Waals surface area contributed by atoms with Gasteiger partial charge < -0.3 is 10.2 Å². The summed E-state index contributed by atoms with van der Waals surface area (Å²) in [6.45, 7) is 2.63. The van der Waals surface area contributed by atoms with Crippen molar-refractivity contribution in [3.05, 3.63) is 24.3 Å². The number of hydrazine groups is 1. The molecule has 1 aliphatic carbocycles. The smallest absolute Gasteiger partial charge is 0.160 e. The number of hydrogen-bond acceptors (Lipinski definition) is 6. The largest absolute Gasteiger partial charge is 0.370 e. The van der Waals surface area contributed by atoms with E-state index in [1.165, 1.54) is 0 Å². The van der Waals surface area contributed by atoms with Crippen LogP contribution in [0.5, 0.6) is 0 Å². The maximum Gasteiger partial charge on any atom is 0.160 e. The molecule has 21 heavy (non-hydrogen) atoms. The Balaban J connectivity index is 1.99. The third kappa shape index (κ3) is 3.03. The molecule has 1 saturated carbocycles. The monoisotopic (exact) mass is 288 g/mol. The van der Waals surface area contributed by atoms with E-state index in [2.05, 4.69) is 20.5 Å². The summed E-state index contributed by atoms with van der Waals surface area (Å²) in [5, 5.41) is 4.18. The second-order valence-corrected chi connectivity index (χ2v) is 5.26. The van der Waals surface area contributed by atoms with Crippen molar-refractivity contribution in [2.24, 2.45) is 18.8 Å². The topological polar surface area (TPSA) is 90.9 Å². The van der Waals surface area contributed by atoms with Gasteiger partial charge in [0.2, 0.25) is 0 Å². The highest BCUT2D eigenvalue weighted by molar-refractivity contribution is 5.60. The standard InChI is InChI=1S/C14H20N6O/c1-3-21-13(9-4-5-9)14-17-11(6-12(18-14)19-15)10-7-16-20(2)8-10/h6-9,13H,3-5,15H2,1-2H3,(H,17,18,19). The fourth-order valence-corrected chi connectivity index (χ4v) is 2.37. The highest BCUT2D eigenvalue weighted by Crippen LogP contribution is 2.42. The lowest BCUT2D eigenvalue weighted by atomic mass is 10.2. The minimum Gasteiger partial charge on any atom is -0.370 e. The van der Waals surface area contributed by atoms with Gasteiger partial charge in [-0.25, -0.2) is 15.8 Å². The number of rotatable bonds is 6. The van der Waals surface area contributed by atoms with Crippen molar-refractivity contribution in [3.8, 4) is 11.3 Å². The number of nitrogens with zero attached hydrogens (tertiary/aromatic N) is 4. The first-order valence-electron chi connectivity index (χ1n) is 7.17. The Morgan fingerprint density at radius 3 is 2.86 bits per heavy atom. The maximum atomic E-state index is 5.83. The van der Waals surface area contributed by atoms with E-state index in [-0.39, 0.29) is 6.10 Å². The first-order chi connectivity index (χ1) is 10.2. The molecule has 0 amide bonds. The van der Waals surface area contributed by atoms with E-state index in [1.54, 1.807) is 10.9 Å². The predicted molar refractivity (Wildman–Crippen MR) is 79.1 cm³/mol. The Labute approximate surface area is 123 Å². The molecule has 3 rings (SSSR count). The van der Waals surface area contributed by atoms with Crippen LogP contribution in [0.2, 0.25) is 0 Å². The number of ether oxygens (including phenoxy) is 1. The highest BCUT2D eigenvalue weighted by atomic mass is 16.5. The molecule has 1 atom stereocenters. The lowest BCUT2D eigenvalue weighted by Gasteiger charge is -2.16. The van der Waals surface area contributed by atoms with Gasteiger partial charge in [0.25, 0.3) is 0 Å². The zero-order valence-electron chi connectivity index (χ0n) is 12.3. The van der Waals surface area contributed by atoms with Gasteiger partial charge in [-0.1, -0.05) is 0 Å². The molecule has 0 aliphatic heterocycles. The van der Waals surface area contributed by atoms with Crippen LogP contribution in [0.3, 0.4) is 0 Å². The minimum atomic E-state index is -0.0567. The molecule has 0 radical (unpaired) electrons. The minimum absolute atomic E-state index is 0.0567. The van der Waals surface area contributed by atoms with Crippen molar-refractivity contribution in [3.63, 3.8) is 0 Å². The van der Waals surface area contributed by atoms with Crippen molar-refractivity contribution < 1.29 is 4.74 Å². The number of aromatic nitrogens is 4. The van der Waals surface area contributed by atoms with Crippen LogP contribution in [0, 0.1) is 5.92 Å². The van der Waals surface area contributed by atoms with E-state index in [0.29, 0.717) is 24.2 Å². The van der Waals surface area contributed by atoms with Gasteiger partial charge in [0, 0.05) is 31.5 Å². The number of anilines is 1. The van der Waals surface area contributed by atoms with Crippen LogP contribution in [0.1, 0.15) is 31.7 Å². The normalized spacial score (nSPS) is 16.0. The van der Waals surface area contributed by atoms with E-state index in [0.717, 1.165) is 24.1 Å². The maximum absolute atomic E-state index is 5.83. The van der Waals surface area contributed by atoms with Crippen molar-refractivity contribution in [1.29, 1.82) is 0 Å². The summed E-state index contributed by atoms with van der Waals surface area (Å²) in [5.74, 6) is 7.32. The summed E-state index contributed by atoms with van der Waals surface area (Å²) in [6, 6.07) is 1.82. The number of aryl methyl sites for hydroxylation is 1.